The van der Waals surface area contributed by atoms with Crippen LogP contribution in [-0.4, -0.2) is 28.1 Å². The molecule has 0 bridgehead atoms. The predicted octanol–water partition coefficient (Wildman–Crippen LogP) is 5.20. The molecule has 0 spiro atoms. The molecule has 0 aliphatic heterocycles. The molecule has 8 heteroatoms. The van der Waals surface area contributed by atoms with Gasteiger partial charge in [-0.2, -0.15) is 0 Å². The number of halogens is 1. The highest BCUT2D eigenvalue weighted by Gasteiger charge is 2.19. The standard InChI is InChI=1S/C23H16FN3O3S/c1-27-18-8-6-13(24)10-15(18)21-14(7-9-19(29-2)22(21)27)23-26-17(11-31-23)16-4-3-5-20(25-16)30-12-28/h3-12H,1-2H3. The Bertz CT molecular complexity index is 1460. The summed E-state index contributed by atoms with van der Waals surface area (Å²) in [5.41, 5.74) is 3.90. The van der Waals surface area contributed by atoms with Crippen LogP contribution in [0.1, 0.15) is 0 Å². The lowest BCUT2D eigenvalue weighted by Gasteiger charge is -2.08. The van der Waals surface area contributed by atoms with Gasteiger partial charge in [-0.1, -0.05) is 6.07 Å². The number of hydrogen-bond donors (Lipinski definition) is 0. The Morgan fingerprint density at radius 3 is 2.77 bits per heavy atom. The highest BCUT2D eigenvalue weighted by Crippen LogP contribution is 2.42. The normalized spacial score (nSPS) is 11.2. The van der Waals surface area contributed by atoms with E-state index >= 15 is 0 Å². The van der Waals surface area contributed by atoms with Gasteiger partial charge in [0, 0.05) is 40.3 Å². The van der Waals surface area contributed by atoms with E-state index in [4.69, 9.17) is 14.5 Å². The van der Waals surface area contributed by atoms with E-state index in [0.29, 0.717) is 23.6 Å². The third-order valence-corrected chi connectivity index (χ3v) is 6.05. The zero-order chi connectivity index (χ0) is 21.5. The fraction of sp³-hybridized carbons (Fsp3) is 0.0870. The molecule has 3 aromatic heterocycles. The maximum atomic E-state index is 14.1. The van der Waals surface area contributed by atoms with Crippen molar-refractivity contribution in [2.75, 3.05) is 7.11 Å². The van der Waals surface area contributed by atoms with Gasteiger partial charge in [-0.15, -0.1) is 11.3 Å². The fourth-order valence-electron chi connectivity index (χ4n) is 3.83. The third-order valence-electron chi connectivity index (χ3n) is 5.17. The van der Waals surface area contributed by atoms with Crippen LogP contribution in [0.15, 0.2) is 53.9 Å². The van der Waals surface area contributed by atoms with E-state index in [1.807, 2.05) is 29.1 Å². The number of hydrogen-bond acceptors (Lipinski definition) is 6. The summed E-state index contributed by atoms with van der Waals surface area (Å²) in [6.45, 7) is 0.340. The second-order valence-electron chi connectivity index (χ2n) is 6.87. The van der Waals surface area contributed by atoms with Gasteiger partial charge < -0.3 is 14.0 Å². The number of fused-ring (bicyclic) bond motifs is 3. The van der Waals surface area contributed by atoms with Gasteiger partial charge in [0.15, 0.2) is 0 Å². The molecule has 6 nitrogen and oxygen atoms in total. The van der Waals surface area contributed by atoms with Crippen LogP contribution in [0.5, 0.6) is 11.6 Å². The second kappa shape index (κ2) is 7.48. The molecule has 31 heavy (non-hydrogen) atoms. The van der Waals surface area contributed by atoms with Crippen LogP contribution in [-0.2, 0) is 11.8 Å². The van der Waals surface area contributed by atoms with E-state index in [1.54, 1.807) is 31.4 Å². The number of aromatic nitrogens is 3. The van der Waals surface area contributed by atoms with Gasteiger partial charge in [0.25, 0.3) is 6.47 Å². The second-order valence-corrected chi connectivity index (χ2v) is 7.73. The van der Waals surface area contributed by atoms with E-state index in [0.717, 1.165) is 32.4 Å². The molecule has 0 amide bonds. The van der Waals surface area contributed by atoms with Crippen molar-refractivity contribution in [2.45, 2.75) is 0 Å². The Balaban J connectivity index is 1.72. The van der Waals surface area contributed by atoms with Crippen molar-refractivity contribution < 1.29 is 18.7 Å². The number of carbonyl (C=O) groups is 1. The molecule has 0 aliphatic carbocycles. The lowest BCUT2D eigenvalue weighted by molar-refractivity contribution is -0.120. The molecular formula is C23H16FN3O3S. The van der Waals surface area contributed by atoms with Gasteiger partial charge >= 0.3 is 0 Å². The van der Waals surface area contributed by atoms with E-state index in [1.165, 1.54) is 23.5 Å². The van der Waals surface area contributed by atoms with Crippen molar-refractivity contribution >= 4 is 39.6 Å². The number of thiazole rings is 1. The Morgan fingerprint density at radius 2 is 1.97 bits per heavy atom. The number of rotatable bonds is 5. The summed E-state index contributed by atoms with van der Waals surface area (Å²) in [7, 11) is 3.55. The van der Waals surface area contributed by atoms with Crippen LogP contribution in [0.25, 0.3) is 43.8 Å². The molecule has 0 N–H and O–H groups in total. The monoisotopic (exact) mass is 433 g/mol. The molecule has 3 heterocycles. The third kappa shape index (κ3) is 3.12. The first kappa shape index (κ1) is 19.2. The van der Waals surface area contributed by atoms with Crippen molar-refractivity contribution in [3.05, 3.63) is 59.7 Å². The number of ether oxygens (including phenoxy) is 2. The zero-order valence-electron chi connectivity index (χ0n) is 16.6. The number of carbonyl (C=O) groups excluding carboxylic acids is 1. The van der Waals surface area contributed by atoms with Crippen molar-refractivity contribution in [3.63, 3.8) is 0 Å². The molecule has 0 saturated heterocycles. The largest absolute Gasteiger partial charge is 0.495 e. The molecule has 5 rings (SSSR count). The Labute approximate surface area is 180 Å². The molecule has 0 unspecified atom stereocenters. The SMILES string of the molecule is COc1ccc(-c2nc(-c3cccc(OC=O)n3)cs2)c2c3cc(F)ccc3n(C)c12. The van der Waals surface area contributed by atoms with E-state index in [9.17, 15) is 9.18 Å². The van der Waals surface area contributed by atoms with E-state index in [2.05, 4.69) is 4.98 Å². The minimum atomic E-state index is -0.301. The molecule has 0 fully saturated rings. The van der Waals surface area contributed by atoms with Crippen LogP contribution < -0.4 is 9.47 Å². The molecule has 5 aromatic rings. The van der Waals surface area contributed by atoms with Gasteiger partial charge in [-0.3, -0.25) is 4.79 Å². The molecule has 0 saturated carbocycles. The van der Waals surface area contributed by atoms with Gasteiger partial charge in [0.05, 0.1) is 18.3 Å². The molecular weight excluding hydrogens is 417 g/mol. The van der Waals surface area contributed by atoms with E-state index in [-0.39, 0.29) is 11.7 Å². The van der Waals surface area contributed by atoms with Crippen molar-refractivity contribution in [1.29, 1.82) is 0 Å². The minimum absolute atomic E-state index is 0.207. The van der Waals surface area contributed by atoms with Crippen LogP contribution in [0.2, 0.25) is 0 Å². The summed E-state index contributed by atoms with van der Waals surface area (Å²) in [6, 6.07) is 13.7. The smallest absolute Gasteiger partial charge is 0.299 e. The lowest BCUT2D eigenvalue weighted by Crippen LogP contribution is -1.93. The van der Waals surface area contributed by atoms with Crippen LogP contribution in [0, 0.1) is 5.82 Å². The summed E-state index contributed by atoms with van der Waals surface area (Å²) in [5.74, 6) is 0.609. The molecule has 0 radical (unpaired) electrons. The van der Waals surface area contributed by atoms with Crippen LogP contribution in [0.4, 0.5) is 4.39 Å². The summed E-state index contributed by atoms with van der Waals surface area (Å²) < 4.78 is 26.5. The lowest BCUT2D eigenvalue weighted by atomic mass is 10.1. The predicted molar refractivity (Wildman–Crippen MR) is 118 cm³/mol. The minimum Gasteiger partial charge on any atom is -0.495 e. The highest BCUT2D eigenvalue weighted by molar-refractivity contribution is 7.13. The maximum Gasteiger partial charge on any atom is 0.299 e. The van der Waals surface area contributed by atoms with Gasteiger partial charge in [0.2, 0.25) is 5.88 Å². The Hall–Kier alpha value is -3.78. The number of nitrogens with zero attached hydrogens (tertiary/aromatic N) is 3. The number of benzene rings is 2. The van der Waals surface area contributed by atoms with Crippen LogP contribution in [0.3, 0.4) is 0 Å². The average Bonchev–Trinajstić information content (AvgIpc) is 3.38. The number of aryl methyl sites for hydroxylation is 1. The van der Waals surface area contributed by atoms with Crippen molar-refractivity contribution in [3.8, 4) is 33.6 Å². The first-order chi connectivity index (χ1) is 15.1. The summed E-state index contributed by atoms with van der Waals surface area (Å²) >= 11 is 1.46. The highest BCUT2D eigenvalue weighted by atomic mass is 32.1. The Morgan fingerprint density at radius 1 is 1.10 bits per heavy atom. The Kier molecular flexibility index (Phi) is 4.63. The van der Waals surface area contributed by atoms with E-state index < -0.39 is 0 Å². The topological polar surface area (TPSA) is 66.2 Å². The fourth-order valence-corrected chi connectivity index (χ4v) is 4.67. The quantitative estimate of drug-likeness (QED) is 0.357. The van der Waals surface area contributed by atoms with Crippen molar-refractivity contribution in [2.24, 2.45) is 7.05 Å². The van der Waals surface area contributed by atoms with Crippen molar-refractivity contribution in [1.82, 2.24) is 14.5 Å². The summed E-state index contributed by atoms with van der Waals surface area (Å²) in [6.07, 6.45) is 0. The molecule has 2 aromatic carbocycles. The number of methoxy groups -OCH3 is 1. The first-order valence-electron chi connectivity index (χ1n) is 9.39. The molecule has 154 valence electrons. The first-order valence-corrected chi connectivity index (χ1v) is 10.3. The van der Waals surface area contributed by atoms with Gasteiger partial charge in [0.1, 0.15) is 22.3 Å². The maximum absolute atomic E-state index is 14.1. The van der Waals surface area contributed by atoms with Gasteiger partial charge in [-0.05, 0) is 36.4 Å². The summed E-state index contributed by atoms with van der Waals surface area (Å²) in [5, 5.41) is 4.33. The number of pyridine rings is 1. The van der Waals surface area contributed by atoms with Crippen LogP contribution >= 0.6 is 11.3 Å². The van der Waals surface area contributed by atoms with Gasteiger partial charge in [-0.25, -0.2) is 14.4 Å². The molecule has 0 aliphatic rings. The zero-order valence-corrected chi connectivity index (χ0v) is 17.4. The molecule has 0 atom stereocenters. The summed E-state index contributed by atoms with van der Waals surface area (Å²) in [4.78, 5) is 19.7. The average molecular weight is 433 g/mol.